The van der Waals surface area contributed by atoms with Crippen molar-refractivity contribution in [2.24, 2.45) is 11.8 Å². The van der Waals surface area contributed by atoms with Crippen molar-refractivity contribution < 1.29 is 28.7 Å². The Morgan fingerprint density at radius 1 is 0.596 bits per heavy atom. The fraction of sp³-hybridized carbons (Fsp3) is 0.128. The molecule has 0 unspecified atom stereocenters. The molecular weight excluding hydrogens is 592 g/mol. The predicted octanol–water partition coefficient (Wildman–Crippen LogP) is 6.67. The third-order valence-corrected chi connectivity index (χ3v) is 9.26. The second-order valence-electron chi connectivity index (χ2n) is 11.9. The Labute approximate surface area is 270 Å². The van der Waals surface area contributed by atoms with Crippen LogP contribution in [0.4, 0.5) is 11.4 Å². The van der Waals surface area contributed by atoms with E-state index in [0.717, 1.165) is 27.2 Å². The number of ether oxygens (including phenoxy) is 2. The van der Waals surface area contributed by atoms with E-state index >= 15 is 0 Å². The number of amides is 3. The van der Waals surface area contributed by atoms with Crippen molar-refractivity contribution in [1.29, 1.82) is 0 Å². The van der Waals surface area contributed by atoms with Crippen molar-refractivity contribution >= 4 is 35.1 Å². The maximum atomic E-state index is 14.2. The molecule has 8 nitrogen and oxygen atoms in total. The first-order valence-electron chi connectivity index (χ1n) is 15.4. The molecule has 2 bridgehead atoms. The first kappa shape index (κ1) is 28.5. The van der Waals surface area contributed by atoms with Crippen LogP contribution in [0.5, 0.6) is 11.5 Å². The summed E-state index contributed by atoms with van der Waals surface area (Å²) in [6.45, 7) is -0.558. The summed E-state index contributed by atoms with van der Waals surface area (Å²) < 4.78 is 11.2. The second kappa shape index (κ2) is 11.4. The molecule has 0 radical (unpaired) electrons. The lowest BCUT2D eigenvalue weighted by molar-refractivity contribution is -0.122. The van der Waals surface area contributed by atoms with Gasteiger partial charge in [-0.25, -0.2) is 9.69 Å². The van der Waals surface area contributed by atoms with E-state index in [1.54, 1.807) is 42.5 Å². The van der Waals surface area contributed by atoms with Gasteiger partial charge >= 0.3 is 5.97 Å². The van der Waals surface area contributed by atoms with Crippen LogP contribution in [0.2, 0.25) is 0 Å². The fourth-order valence-electron chi connectivity index (χ4n) is 7.39. The number of hydrogen-bond acceptors (Lipinski definition) is 6. The van der Waals surface area contributed by atoms with Gasteiger partial charge in [0.25, 0.3) is 5.91 Å². The molecule has 8 heteroatoms. The summed E-state index contributed by atoms with van der Waals surface area (Å²) in [4.78, 5) is 55.6. The van der Waals surface area contributed by atoms with Gasteiger partial charge in [0.1, 0.15) is 11.5 Å². The molecule has 0 saturated carbocycles. The zero-order valence-electron chi connectivity index (χ0n) is 25.0. The third-order valence-electron chi connectivity index (χ3n) is 9.26. The summed E-state index contributed by atoms with van der Waals surface area (Å²) in [7, 11) is 0. The topological polar surface area (TPSA) is 102 Å². The van der Waals surface area contributed by atoms with E-state index < -0.39 is 30.3 Å². The highest BCUT2D eigenvalue weighted by Gasteiger charge is 2.62. The maximum absolute atomic E-state index is 14.2. The van der Waals surface area contributed by atoms with Crippen LogP contribution in [0.15, 0.2) is 127 Å². The summed E-state index contributed by atoms with van der Waals surface area (Å²) in [6, 6.07) is 38.5. The summed E-state index contributed by atoms with van der Waals surface area (Å²) in [5, 5.41) is 2.70. The number of nitrogens with one attached hydrogen (secondary N) is 1. The standard InChI is InChI=1S/C39H28N2O6/c42-32(40-23-18-20-25(21-19-23)47-24-10-2-1-3-11-24)22-46-39(45)30-16-8-9-17-31(30)41-37(43)35-33-26-12-4-5-13-27(26)34(36(35)38(41)44)29-15-7-6-14-28(29)33/h1-21,33-36H,22H2,(H,40,42)/t33?,34?,35-,36-/m0/s1. The van der Waals surface area contributed by atoms with E-state index in [2.05, 4.69) is 5.32 Å². The minimum Gasteiger partial charge on any atom is -0.457 e. The van der Waals surface area contributed by atoms with E-state index in [1.165, 1.54) is 6.07 Å². The Balaban J connectivity index is 0.990. The van der Waals surface area contributed by atoms with Crippen molar-refractivity contribution in [3.05, 3.63) is 155 Å². The maximum Gasteiger partial charge on any atom is 0.340 e. The number of rotatable bonds is 7. The lowest BCUT2D eigenvalue weighted by Gasteiger charge is -2.45. The van der Waals surface area contributed by atoms with Crippen molar-refractivity contribution in [2.75, 3.05) is 16.8 Å². The molecule has 1 fully saturated rings. The number of benzene rings is 5. The Kier molecular flexibility index (Phi) is 6.90. The molecule has 3 amide bonds. The number of carbonyl (C=O) groups is 4. The van der Waals surface area contributed by atoms with E-state index in [0.29, 0.717) is 17.2 Å². The highest BCUT2D eigenvalue weighted by molar-refractivity contribution is 6.25. The number of para-hydroxylation sites is 2. The molecule has 1 saturated heterocycles. The third kappa shape index (κ3) is 4.77. The molecule has 2 atom stereocenters. The van der Waals surface area contributed by atoms with E-state index in [1.807, 2.05) is 78.9 Å². The lowest BCUT2D eigenvalue weighted by atomic mass is 9.55. The van der Waals surface area contributed by atoms with Crippen LogP contribution < -0.4 is 15.0 Å². The van der Waals surface area contributed by atoms with Crippen LogP contribution in [-0.4, -0.2) is 30.3 Å². The van der Waals surface area contributed by atoms with Crippen LogP contribution in [-0.2, 0) is 19.1 Å². The zero-order chi connectivity index (χ0) is 32.1. The van der Waals surface area contributed by atoms with Crippen LogP contribution in [0, 0.1) is 11.8 Å². The summed E-state index contributed by atoms with van der Waals surface area (Å²) in [5.74, 6) is -2.44. The van der Waals surface area contributed by atoms with Crippen LogP contribution >= 0.6 is 0 Å². The van der Waals surface area contributed by atoms with Crippen LogP contribution in [0.3, 0.4) is 0 Å². The monoisotopic (exact) mass is 620 g/mol. The Hall–Kier alpha value is -6.02. The Morgan fingerprint density at radius 3 is 1.66 bits per heavy atom. The summed E-state index contributed by atoms with van der Waals surface area (Å²) >= 11 is 0. The molecule has 230 valence electrons. The van der Waals surface area contributed by atoms with E-state index in [4.69, 9.17) is 9.47 Å². The molecule has 0 aromatic heterocycles. The smallest absolute Gasteiger partial charge is 0.340 e. The molecule has 3 aliphatic carbocycles. The van der Waals surface area contributed by atoms with Gasteiger partial charge in [-0.15, -0.1) is 0 Å². The molecule has 1 aliphatic heterocycles. The fourth-order valence-corrected chi connectivity index (χ4v) is 7.39. The number of nitrogens with zero attached hydrogens (tertiary/aromatic N) is 1. The van der Waals surface area contributed by atoms with Gasteiger partial charge in [-0.3, -0.25) is 14.4 Å². The van der Waals surface area contributed by atoms with Gasteiger partial charge in [-0.2, -0.15) is 0 Å². The van der Waals surface area contributed by atoms with E-state index in [9.17, 15) is 19.2 Å². The van der Waals surface area contributed by atoms with E-state index in [-0.39, 0.29) is 34.9 Å². The summed E-state index contributed by atoms with van der Waals surface area (Å²) in [5.41, 5.74) is 4.96. The second-order valence-corrected chi connectivity index (χ2v) is 11.9. The first-order valence-corrected chi connectivity index (χ1v) is 15.4. The van der Waals surface area contributed by atoms with Gasteiger partial charge in [0.05, 0.1) is 23.1 Å². The van der Waals surface area contributed by atoms with Crippen LogP contribution in [0.1, 0.15) is 44.4 Å². The van der Waals surface area contributed by atoms with Crippen molar-refractivity contribution in [3.8, 4) is 11.5 Å². The highest BCUT2D eigenvalue weighted by atomic mass is 16.5. The molecule has 5 aromatic carbocycles. The molecule has 5 aromatic rings. The number of hydrogen-bond donors (Lipinski definition) is 1. The Bertz CT molecular complexity index is 1940. The number of carbonyl (C=O) groups excluding carboxylic acids is 4. The molecule has 47 heavy (non-hydrogen) atoms. The molecule has 4 aliphatic rings. The lowest BCUT2D eigenvalue weighted by Crippen LogP contribution is -2.41. The van der Waals surface area contributed by atoms with Gasteiger partial charge in [-0.1, -0.05) is 78.9 Å². The normalized spacial score (nSPS) is 20.2. The molecule has 9 rings (SSSR count). The minimum atomic E-state index is -0.813. The molecule has 0 spiro atoms. The van der Waals surface area contributed by atoms with Gasteiger partial charge in [0, 0.05) is 17.5 Å². The van der Waals surface area contributed by atoms with Gasteiger partial charge in [-0.05, 0) is 70.8 Å². The SMILES string of the molecule is O=C(COC(=O)c1ccccc1N1C(=O)[C@H]2C3c4ccccc4C(c4ccccc43)[C@@H]2C1=O)Nc1ccc(Oc2ccccc2)cc1. The van der Waals surface area contributed by atoms with Gasteiger partial charge in [0.2, 0.25) is 11.8 Å². The van der Waals surface area contributed by atoms with Crippen molar-refractivity contribution in [1.82, 2.24) is 0 Å². The highest BCUT2D eigenvalue weighted by Crippen LogP contribution is 2.61. The van der Waals surface area contributed by atoms with Crippen molar-refractivity contribution in [2.45, 2.75) is 11.8 Å². The predicted molar refractivity (Wildman–Crippen MR) is 174 cm³/mol. The first-order chi connectivity index (χ1) is 23.0. The quantitative estimate of drug-likeness (QED) is 0.161. The average molecular weight is 621 g/mol. The number of esters is 1. The Morgan fingerprint density at radius 2 is 1.09 bits per heavy atom. The zero-order valence-corrected chi connectivity index (χ0v) is 25.0. The minimum absolute atomic E-state index is 0.0328. The van der Waals surface area contributed by atoms with Crippen molar-refractivity contribution in [3.63, 3.8) is 0 Å². The molecule has 1 N–H and O–H groups in total. The van der Waals surface area contributed by atoms with Gasteiger partial charge in [0.15, 0.2) is 6.61 Å². The van der Waals surface area contributed by atoms with Gasteiger partial charge < -0.3 is 14.8 Å². The molecule has 1 heterocycles. The number of imide groups is 1. The summed E-state index contributed by atoms with van der Waals surface area (Å²) in [6.07, 6.45) is 0. The largest absolute Gasteiger partial charge is 0.457 e. The number of anilines is 2. The van der Waals surface area contributed by atoms with Crippen LogP contribution in [0.25, 0.3) is 0 Å². The average Bonchev–Trinajstić information content (AvgIpc) is 3.38. The molecular formula is C39H28N2O6.